The van der Waals surface area contributed by atoms with Crippen molar-refractivity contribution in [3.63, 3.8) is 0 Å². The minimum Gasteiger partial charge on any atom is -0.478 e. The number of aryl methyl sites for hydroxylation is 1. The first-order chi connectivity index (χ1) is 9.54. The number of piperazine rings is 1. The molecule has 1 aliphatic heterocycles. The number of hydrogen-bond donors (Lipinski definition) is 3. The van der Waals surface area contributed by atoms with Crippen LogP contribution in [0.5, 0.6) is 0 Å². The Bertz CT molecular complexity index is 513. The summed E-state index contributed by atoms with van der Waals surface area (Å²) in [7, 11) is 3.31. The molecule has 20 heavy (non-hydrogen) atoms. The molecule has 1 amide bonds. The van der Waals surface area contributed by atoms with Crippen molar-refractivity contribution in [3.05, 3.63) is 17.5 Å². The number of carbonyl (C=O) groups excluding carboxylic acids is 1. The minimum atomic E-state index is -1.00. The third-order valence-corrected chi connectivity index (χ3v) is 3.55. The van der Waals surface area contributed by atoms with Gasteiger partial charge >= 0.3 is 5.97 Å². The Hall–Kier alpha value is -1.93. The van der Waals surface area contributed by atoms with Crippen LogP contribution in [0.4, 0.5) is 0 Å². The highest BCUT2D eigenvalue weighted by molar-refractivity contribution is 5.88. The van der Waals surface area contributed by atoms with Crippen LogP contribution in [-0.4, -0.2) is 64.4 Å². The summed E-state index contributed by atoms with van der Waals surface area (Å²) in [5.41, 5.74) is 0.787. The van der Waals surface area contributed by atoms with Crippen molar-refractivity contribution in [1.29, 1.82) is 0 Å². The molecule has 0 spiro atoms. The number of amides is 1. The maximum Gasteiger partial charge on any atom is 0.339 e. The standard InChI is InChI=1S/C12H19N5O3/c1-13-11(18)9-6-14-3-4-17(9)7-10-8(12(19)20)5-15-16(10)2/h5,9,14H,3-4,6-7H2,1-2H3,(H,13,18)(H,19,20). The number of nitrogens with zero attached hydrogens (tertiary/aromatic N) is 3. The van der Waals surface area contributed by atoms with Gasteiger partial charge in [0, 0.05) is 40.3 Å². The predicted molar refractivity (Wildman–Crippen MR) is 71.3 cm³/mol. The van der Waals surface area contributed by atoms with Crippen molar-refractivity contribution in [2.45, 2.75) is 12.6 Å². The van der Waals surface area contributed by atoms with Crippen LogP contribution in [0.3, 0.4) is 0 Å². The summed E-state index contributed by atoms with van der Waals surface area (Å²) in [5, 5.41) is 19.0. The lowest BCUT2D eigenvalue weighted by Crippen LogP contribution is -2.57. The van der Waals surface area contributed by atoms with Crippen molar-refractivity contribution in [2.75, 3.05) is 26.7 Å². The highest BCUT2D eigenvalue weighted by atomic mass is 16.4. The SMILES string of the molecule is CNC(=O)C1CNCCN1Cc1c(C(=O)O)cnn1C. The second-order valence-corrected chi connectivity index (χ2v) is 4.74. The molecule has 1 aromatic heterocycles. The van der Waals surface area contributed by atoms with Crippen LogP contribution in [0.2, 0.25) is 0 Å². The van der Waals surface area contributed by atoms with Crippen LogP contribution in [-0.2, 0) is 18.4 Å². The largest absolute Gasteiger partial charge is 0.478 e. The van der Waals surface area contributed by atoms with E-state index in [9.17, 15) is 9.59 Å². The van der Waals surface area contributed by atoms with Gasteiger partial charge in [0.05, 0.1) is 11.9 Å². The molecule has 8 heteroatoms. The van der Waals surface area contributed by atoms with Crippen molar-refractivity contribution >= 4 is 11.9 Å². The van der Waals surface area contributed by atoms with Crippen LogP contribution in [0, 0.1) is 0 Å². The number of rotatable bonds is 4. The number of nitrogens with one attached hydrogen (secondary N) is 2. The lowest BCUT2D eigenvalue weighted by atomic mass is 10.1. The predicted octanol–water partition coefficient (Wildman–Crippen LogP) is -1.36. The average Bonchev–Trinajstić information content (AvgIpc) is 2.80. The molecule has 0 saturated carbocycles. The summed E-state index contributed by atoms with van der Waals surface area (Å²) in [4.78, 5) is 25.0. The summed E-state index contributed by atoms with van der Waals surface area (Å²) >= 11 is 0. The maximum absolute atomic E-state index is 11.9. The van der Waals surface area contributed by atoms with E-state index >= 15 is 0 Å². The van der Waals surface area contributed by atoms with Crippen LogP contribution in [0.15, 0.2) is 6.20 Å². The minimum absolute atomic E-state index is 0.0729. The first-order valence-electron chi connectivity index (χ1n) is 6.45. The smallest absolute Gasteiger partial charge is 0.339 e. The van der Waals surface area contributed by atoms with Gasteiger partial charge in [0.25, 0.3) is 0 Å². The van der Waals surface area contributed by atoms with Crippen LogP contribution in [0.25, 0.3) is 0 Å². The zero-order valence-electron chi connectivity index (χ0n) is 11.6. The van der Waals surface area contributed by atoms with Gasteiger partial charge < -0.3 is 15.7 Å². The zero-order chi connectivity index (χ0) is 14.7. The molecule has 3 N–H and O–H groups in total. The first kappa shape index (κ1) is 14.5. The Morgan fingerprint density at radius 3 is 3.00 bits per heavy atom. The molecule has 1 fully saturated rings. The molecule has 2 heterocycles. The number of carboxylic acid groups (broad SMARTS) is 1. The van der Waals surface area contributed by atoms with Crippen molar-refractivity contribution < 1.29 is 14.7 Å². The van der Waals surface area contributed by atoms with Crippen LogP contribution >= 0.6 is 0 Å². The maximum atomic E-state index is 11.9. The summed E-state index contributed by atoms with van der Waals surface area (Å²) in [6, 6.07) is -0.301. The van der Waals surface area contributed by atoms with E-state index in [1.165, 1.54) is 6.20 Å². The molecule has 1 saturated heterocycles. The van der Waals surface area contributed by atoms with E-state index in [2.05, 4.69) is 15.7 Å². The molecule has 1 aromatic rings. The van der Waals surface area contributed by atoms with E-state index in [1.54, 1.807) is 18.8 Å². The summed E-state index contributed by atoms with van der Waals surface area (Å²) in [6.45, 7) is 2.40. The van der Waals surface area contributed by atoms with Gasteiger partial charge in [-0.1, -0.05) is 0 Å². The number of aromatic nitrogens is 2. The highest BCUT2D eigenvalue weighted by Gasteiger charge is 2.29. The fraction of sp³-hybridized carbons (Fsp3) is 0.583. The Morgan fingerprint density at radius 1 is 1.60 bits per heavy atom. The van der Waals surface area contributed by atoms with E-state index in [1.807, 2.05) is 4.90 Å². The number of carbonyl (C=O) groups is 2. The Kier molecular flexibility index (Phi) is 4.35. The molecule has 110 valence electrons. The second kappa shape index (κ2) is 6.02. The van der Waals surface area contributed by atoms with Crippen LogP contribution in [0.1, 0.15) is 16.1 Å². The topological polar surface area (TPSA) is 99.5 Å². The van der Waals surface area contributed by atoms with E-state index < -0.39 is 5.97 Å². The summed E-state index contributed by atoms with van der Waals surface area (Å²) in [6.07, 6.45) is 1.34. The van der Waals surface area contributed by atoms with Gasteiger partial charge in [0.15, 0.2) is 0 Å². The molecule has 0 bridgehead atoms. The third kappa shape index (κ3) is 2.81. The quantitative estimate of drug-likeness (QED) is 0.630. The van der Waals surface area contributed by atoms with Crippen molar-refractivity contribution in [1.82, 2.24) is 25.3 Å². The average molecular weight is 281 g/mol. The van der Waals surface area contributed by atoms with E-state index in [0.717, 1.165) is 6.54 Å². The molecule has 1 unspecified atom stereocenters. The Labute approximate surface area is 116 Å². The molecule has 0 aliphatic carbocycles. The fourth-order valence-corrected chi connectivity index (χ4v) is 2.38. The lowest BCUT2D eigenvalue weighted by molar-refractivity contribution is -0.126. The van der Waals surface area contributed by atoms with E-state index in [-0.39, 0.29) is 17.5 Å². The zero-order valence-corrected chi connectivity index (χ0v) is 11.6. The molecule has 1 atom stereocenters. The van der Waals surface area contributed by atoms with Crippen molar-refractivity contribution in [3.8, 4) is 0 Å². The van der Waals surface area contributed by atoms with Gasteiger partial charge in [-0.15, -0.1) is 0 Å². The molecular weight excluding hydrogens is 262 g/mol. The number of hydrogen-bond acceptors (Lipinski definition) is 5. The van der Waals surface area contributed by atoms with E-state index in [4.69, 9.17) is 5.11 Å². The van der Waals surface area contributed by atoms with Gasteiger partial charge in [-0.25, -0.2) is 4.79 Å². The van der Waals surface area contributed by atoms with E-state index in [0.29, 0.717) is 25.3 Å². The lowest BCUT2D eigenvalue weighted by Gasteiger charge is -2.34. The monoisotopic (exact) mass is 281 g/mol. The normalized spacial score (nSPS) is 19.8. The number of carboxylic acids is 1. The Balaban J connectivity index is 2.21. The molecule has 0 aromatic carbocycles. The molecular formula is C12H19N5O3. The second-order valence-electron chi connectivity index (χ2n) is 4.74. The Morgan fingerprint density at radius 2 is 2.35 bits per heavy atom. The third-order valence-electron chi connectivity index (χ3n) is 3.55. The number of likely N-dealkylation sites (N-methyl/N-ethyl adjacent to an activating group) is 1. The summed E-state index contributed by atoms with van der Waals surface area (Å²) in [5.74, 6) is -1.07. The fourth-order valence-electron chi connectivity index (χ4n) is 2.38. The first-order valence-corrected chi connectivity index (χ1v) is 6.45. The molecule has 8 nitrogen and oxygen atoms in total. The van der Waals surface area contributed by atoms with Gasteiger partial charge in [-0.3, -0.25) is 14.4 Å². The highest BCUT2D eigenvalue weighted by Crippen LogP contribution is 2.14. The van der Waals surface area contributed by atoms with Crippen LogP contribution < -0.4 is 10.6 Å². The van der Waals surface area contributed by atoms with Gasteiger partial charge in [0.2, 0.25) is 5.91 Å². The molecule has 0 radical (unpaired) electrons. The molecule has 1 aliphatic rings. The van der Waals surface area contributed by atoms with Crippen molar-refractivity contribution in [2.24, 2.45) is 7.05 Å². The van der Waals surface area contributed by atoms with Gasteiger partial charge in [0.1, 0.15) is 11.6 Å². The van der Waals surface area contributed by atoms with Gasteiger partial charge in [-0.05, 0) is 0 Å². The summed E-state index contributed by atoms with van der Waals surface area (Å²) < 4.78 is 1.55. The number of aromatic carboxylic acids is 1. The van der Waals surface area contributed by atoms with Gasteiger partial charge in [-0.2, -0.15) is 5.10 Å². The molecule has 2 rings (SSSR count).